The molecular weight excluding hydrogens is 204 g/mol. The molecule has 0 N–H and O–H groups in total. The summed E-state index contributed by atoms with van der Waals surface area (Å²) in [6.07, 6.45) is 4.88. The summed E-state index contributed by atoms with van der Waals surface area (Å²) in [5.41, 5.74) is 4.33. The number of rotatable bonds is 2. The van der Waals surface area contributed by atoms with Crippen molar-refractivity contribution >= 4 is 22.8 Å². The minimum absolute atomic E-state index is 0.936. The molecule has 1 heterocycles. The molecule has 0 atom stereocenters. The third kappa shape index (κ3) is 1.97. The lowest BCUT2D eigenvalue weighted by molar-refractivity contribution is 1.03. The number of thioether (sulfide) groups is 1. The van der Waals surface area contributed by atoms with Crippen LogP contribution in [0.5, 0.6) is 0 Å². The monoisotopic (exact) mass is 218 g/mol. The summed E-state index contributed by atoms with van der Waals surface area (Å²) in [6.45, 7) is 4.20. The fraction of sp³-hybridized carbons (Fsp3) is 0.333. The van der Waals surface area contributed by atoms with E-state index in [2.05, 4.69) is 42.2 Å². The Balaban J connectivity index is 2.72. The fourth-order valence-corrected chi connectivity index (χ4v) is 2.24. The third-order valence-electron chi connectivity index (χ3n) is 2.39. The molecule has 2 aromatic rings. The summed E-state index contributed by atoms with van der Waals surface area (Å²) < 4.78 is 0. The summed E-state index contributed by atoms with van der Waals surface area (Å²) in [4.78, 5) is 10.3. The van der Waals surface area contributed by atoms with Crippen molar-refractivity contribution in [1.82, 2.24) is 9.97 Å². The SMILES string of the molecule is CCc1cnc2c(SC)cc(C)cc2n1. The Kier molecular flexibility index (Phi) is 2.91. The van der Waals surface area contributed by atoms with Crippen LogP contribution in [0.15, 0.2) is 23.2 Å². The molecule has 1 aromatic heterocycles. The molecule has 0 aliphatic rings. The van der Waals surface area contributed by atoms with Crippen molar-refractivity contribution in [3.63, 3.8) is 0 Å². The van der Waals surface area contributed by atoms with Crippen molar-refractivity contribution in [2.45, 2.75) is 25.2 Å². The first-order valence-electron chi connectivity index (χ1n) is 5.05. The number of aromatic nitrogens is 2. The third-order valence-corrected chi connectivity index (χ3v) is 3.14. The van der Waals surface area contributed by atoms with Crippen LogP contribution in [0.4, 0.5) is 0 Å². The highest BCUT2D eigenvalue weighted by Crippen LogP contribution is 2.25. The van der Waals surface area contributed by atoms with Crippen LogP contribution < -0.4 is 0 Å². The number of nitrogens with zero attached hydrogens (tertiary/aromatic N) is 2. The molecular formula is C12H14N2S. The van der Waals surface area contributed by atoms with Gasteiger partial charge >= 0.3 is 0 Å². The molecule has 0 saturated carbocycles. The molecule has 0 spiro atoms. The van der Waals surface area contributed by atoms with Crippen LogP contribution >= 0.6 is 11.8 Å². The van der Waals surface area contributed by atoms with E-state index in [0.717, 1.165) is 23.1 Å². The smallest absolute Gasteiger partial charge is 0.102 e. The molecule has 0 aliphatic carbocycles. The molecule has 0 radical (unpaired) electrons. The average Bonchev–Trinajstić information content (AvgIpc) is 2.26. The Morgan fingerprint density at radius 2 is 2.13 bits per heavy atom. The van der Waals surface area contributed by atoms with Crippen molar-refractivity contribution in [1.29, 1.82) is 0 Å². The summed E-state index contributed by atoms with van der Waals surface area (Å²) in [5, 5.41) is 0. The minimum Gasteiger partial charge on any atom is -0.252 e. The van der Waals surface area contributed by atoms with E-state index in [1.807, 2.05) is 6.20 Å². The maximum Gasteiger partial charge on any atom is 0.102 e. The van der Waals surface area contributed by atoms with Gasteiger partial charge in [0.25, 0.3) is 0 Å². The van der Waals surface area contributed by atoms with Crippen LogP contribution in [-0.4, -0.2) is 16.2 Å². The Morgan fingerprint density at radius 1 is 1.33 bits per heavy atom. The Morgan fingerprint density at radius 3 is 2.80 bits per heavy atom. The number of aryl methyl sites for hydroxylation is 2. The number of hydrogen-bond acceptors (Lipinski definition) is 3. The normalized spacial score (nSPS) is 10.9. The van der Waals surface area contributed by atoms with Gasteiger partial charge in [0, 0.05) is 11.1 Å². The lowest BCUT2D eigenvalue weighted by Crippen LogP contribution is -1.93. The summed E-state index contributed by atoms with van der Waals surface area (Å²) in [5.74, 6) is 0. The van der Waals surface area contributed by atoms with Gasteiger partial charge in [0.05, 0.1) is 11.2 Å². The Hall–Kier alpha value is -1.09. The van der Waals surface area contributed by atoms with Crippen LogP contribution in [0.25, 0.3) is 11.0 Å². The van der Waals surface area contributed by atoms with Crippen LogP contribution in [0, 0.1) is 6.92 Å². The standard InChI is InChI=1S/C12H14N2S/c1-4-9-7-13-12-10(14-9)5-8(2)6-11(12)15-3/h5-7H,4H2,1-3H3. The molecule has 0 amide bonds. The van der Waals surface area contributed by atoms with E-state index in [-0.39, 0.29) is 0 Å². The molecule has 0 unspecified atom stereocenters. The number of benzene rings is 1. The molecule has 3 heteroatoms. The van der Waals surface area contributed by atoms with Gasteiger partial charge < -0.3 is 0 Å². The van der Waals surface area contributed by atoms with Crippen LogP contribution in [0.2, 0.25) is 0 Å². The van der Waals surface area contributed by atoms with Gasteiger partial charge in [-0.2, -0.15) is 0 Å². The molecule has 2 rings (SSSR count). The van der Waals surface area contributed by atoms with E-state index in [0.29, 0.717) is 0 Å². The lowest BCUT2D eigenvalue weighted by atomic mass is 10.2. The zero-order valence-electron chi connectivity index (χ0n) is 9.24. The second-order valence-electron chi connectivity index (χ2n) is 3.55. The topological polar surface area (TPSA) is 25.8 Å². The van der Waals surface area contributed by atoms with E-state index in [1.54, 1.807) is 11.8 Å². The first-order valence-corrected chi connectivity index (χ1v) is 6.27. The van der Waals surface area contributed by atoms with Crippen LogP contribution in [0.1, 0.15) is 18.2 Å². The largest absolute Gasteiger partial charge is 0.252 e. The summed E-state index contributed by atoms with van der Waals surface area (Å²) in [7, 11) is 0. The maximum atomic E-state index is 4.59. The van der Waals surface area contributed by atoms with Crippen LogP contribution in [-0.2, 0) is 6.42 Å². The van der Waals surface area contributed by atoms with E-state index in [4.69, 9.17) is 0 Å². The molecule has 1 aromatic carbocycles. The molecule has 0 aliphatic heterocycles. The van der Waals surface area contributed by atoms with E-state index in [9.17, 15) is 0 Å². The van der Waals surface area contributed by atoms with Crippen LogP contribution in [0.3, 0.4) is 0 Å². The maximum absolute atomic E-state index is 4.59. The predicted molar refractivity (Wildman–Crippen MR) is 65.4 cm³/mol. The second kappa shape index (κ2) is 4.19. The summed E-state index contributed by atoms with van der Waals surface area (Å²) in [6, 6.07) is 4.26. The van der Waals surface area contributed by atoms with Gasteiger partial charge in [-0.3, -0.25) is 4.98 Å². The first kappa shape index (κ1) is 10.4. The van der Waals surface area contributed by atoms with Gasteiger partial charge in [-0.25, -0.2) is 4.98 Å². The quantitative estimate of drug-likeness (QED) is 0.724. The average molecular weight is 218 g/mol. The van der Waals surface area contributed by atoms with E-state index >= 15 is 0 Å². The van der Waals surface area contributed by atoms with E-state index < -0.39 is 0 Å². The summed E-state index contributed by atoms with van der Waals surface area (Å²) >= 11 is 1.72. The molecule has 78 valence electrons. The van der Waals surface area contributed by atoms with Gasteiger partial charge in [0.1, 0.15) is 5.52 Å². The fourth-order valence-electron chi connectivity index (χ4n) is 1.59. The van der Waals surface area contributed by atoms with Crippen molar-refractivity contribution < 1.29 is 0 Å². The first-order chi connectivity index (χ1) is 7.24. The minimum atomic E-state index is 0.936. The zero-order chi connectivity index (χ0) is 10.8. The highest BCUT2D eigenvalue weighted by Gasteiger charge is 2.04. The Bertz CT molecular complexity index is 494. The lowest BCUT2D eigenvalue weighted by Gasteiger charge is -2.05. The van der Waals surface area contributed by atoms with Crippen molar-refractivity contribution in [3.05, 3.63) is 29.6 Å². The Labute approximate surface area is 94.1 Å². The molecule has 15 heavy (non-hydrogen) atoms. The predicted octanol–water partition coefficient (Wildman–Crippen LogP) is 3.22. The van der Waals surface area contributed by atoms with Gasteiger partial charge in [-0.15, -0.1) is 11.8 Å². The van der Waals surface area contributed by atoms with Gasteiger partial charge in [-0.1, -0.05) is 6.92 Å². The van der Waals surface area contributed by atoms with Crippen molar-refractivity contribution in [3.8, 4) is 0 Å². The molecule has 0 bridgehead atoms. The second-order valence-corrected chi connectivity index (χ2v) is 4.40. The highest BCUT2D eigenvalue weighted by molar-refractivity contribution is 7.98. The highest BCUT2D eigenvalue weighted by atomic mass is 32.2. The molecule has 0 saturated heterocycles. The van der Waals surface area contributed by atoms with Crippen molar-refractivity contribution in [2.24, 2.45) is 0 Å². The number of fused-ring (bicyclic) bond motifs is 1. The molecule has 0 fully saturated rings. The van der Waals surface area contributed by atoms with Gasteiger partial charge in [0.15, 0.2) is 0 Å². The zero-order valence-corrected chi connectivity index (χ0v) is 10.1. The van der Waals surface area contributed by atoms with Crippen molar-refractivity contribution in [2.75, 3.05) is 6.26 Å². The van der Waals surface area contributed by atoms with Gasteiger partial charge in [0.2, 0.25) is 0 Å². The molecule has 2 nitrogen and oxygen atoms in total. The number of hydrogen-bond donors (Lipinski definition) is 0. The van der Waals surface area contributed by atoms with E-state index in [1.165, 1.54) is 10.5 Å². The van der Waals surface area contributed by atoms with Gasteiger partial charge in [-0.05, 0) is 37.3 Å².